The van der Waals surface area contributed by atoms with Crippen LogP contribution in [0.3, 0.4) is 0 Å². The Morgan fingerprint density at radius 2 is 1.54 bits per heavy atom. The Hall–Kier alpha value is -3.54. The first-order chi connectivity index (χ1) is 13.7. The Balaban J connectivity index is 1.47. The zero-order valence-corrected chi connectivity index (χ0v) is 15.2. The Kier molecular flexibility index (Phi) is 3.90. The zero-order chi connectivity index (χ0) is 19.0. The third kappa shape index (κ3) is 2.74. The van der Waals surface area contributed by atoms with Crippen LogP contribution >= 0.6 is 0 Å². The van der Waals surface area contributed by atoms with Crippen LogP contribution < -0.4 is 5.73 Å². The van der Waals surface area contributed by atoms with E-state index in [1.165, 1.54) is 5.56 Å². The number of benzene rings is 2. The van der Waals surface area contributed by atoms with Gasteiger partial charge in [0.25, 0.3) is 5.89 Å². The van der Waals surface area contributed by atoms with Gasteiger partial charge in [0.2, 0.25) is 5.95 Å². The molecule has 2 N–H and O–H groups in total. The number of aromatic nitrogens is 4. The van der Waals surface area contributed by atoms with E-state index in [1.807, 2.05) is 30.3 Å². The van der Waals surface area contributed by atoms with Crippen molar-refractivity contribution >= 4 is 5.95 Å². The summed E-state index contributed by atoms with van der Waals surface area (Å²) in [5.41, 5.74) is 9.54. The van der Waals surface area contributed by atoms with E-state index in [0.29, 0.717) is 5.89 Å². The normalized spacial score (nSPS) is 15.1. The van der Waals surface area contributed by atoms with Gasteiger partial charge in [-0.05, 0) is 36.1 Å². The van der Waals surface area contributed by atoms with Gasteiger partial charge in [-0.1, -0.05) is 54.0 Å². The third-order valence-electron chi connectivity index (χ3n) is 5.52. The van der Waals surface area contributed by atoms with Crippen LogP contribution in [0.5, 0.6) is 0 Å². The molecule has 1 saturated carbocycles. The number of anilines is 1. The predicted molar refractivity (Wildman–Crippen MR) is 106 cm³/mol. The summed E-state index contributed by atoms with van der Waals surface area (Å²) in [6.45, 7) is 0. The van der Waals surface area contributed by atoms with Gasteiger partial charge in [0.15, 0.2) is 5.82 Å². The molecule has 0 unspecified atom stereocenters. The lowest BCUT2D eigenvalue weighted by Gasteiger charge is -2.39. The van der Waals surface area contributed by atoms with Crippen molar-refractivity contribution in [1.29, 1.82) is 0 Å². The van der Waals surface area contributed by atoms with Gasteiger partial charge in [-0.2, -0.15) is 4.98 Å². The Labute approximate surface area is 162 Å². The summed E-state index contributed by atoms with van der Waals surface area (Å²) in [5.74, 6) is 1.61. The van der Waals surface area contributed by atoms with E-state index in [0.717, 1.165) is 41.8 Å². The average Bonchev–Trinajstić information content (AvgIpc) is 3.19. The topological polar surface area (TPSA) is 90.7 Å². The standard InChI is InChI=1S/C22H19N5O/c23-21-24-13-17(14-25-21)15-7-9-18(10-8-15)22(11-4-12-22)20-26-19(28-27-20)16-5-2-1-3-6-16/h1-3,5-10,13-14H,4,11-12H2,(H2,23,24,25). The van der Waals surface area contributed by atoms with E-state index >= 15 is 0 Å². The maximum absolute atomic E-state index is 5.57. The molecule has 2 aromatic heterocycles. The molecular formula is C22H19N5O. The van der Waals surface area contributed by atoms with Crippen molar-refractivity contribution < 1.29 is 4.52 Å². The van der Waals surface area contributed by atoms with Crippen molar-refractivity contribution in [3.63, 3.8) is 0 Å². The lowest BCUT2D eigenvalue weighted by atomic mass is 9.64. The van der Waals surface area contributed by atoms with Gasteiger partial charge < -0.3 is 10.3 Å². The lowest BCUT2D eigenvalue weighted by molar-refractivity contribution is 0.273. The number of rotatable bonds is 4. The summed E-state index contributed by atoms with van der Waals surface area (Å²) in [6, 6.07) is 18.3. The summed E-state index contributed by atoms with van der Waals surface area (Å²) in [4.78, 5) is 12.9. The van der Waals surface area contributed by atoms with Crippen molar-refractivity contribution in [2.75, 3.05) is 5.73 Å². The summed E-state index contributed by atoms with van der Waals surface area (Å²) in [7, 11) is 0. The fourth-order valence-corrected chi connectivity index (χ4v) is 3.76. The van der Waals surface area contributed by atoms with Crippen molar-refractivity contribution in [3.8, 4) is 22.6 Å². The van der Waals surface area contributed by atoms with E-state index < -0.39 is 0 Å². The summed E-state index contributed by atoms with van der Waals surface area (Å²) in [6.07, 6.45) is 6.67. The molecule has 6 heteroatoms. The van der Waals surface area contributed by atoms with Crippen molar-refractivity contribution in [3.05, 3.63) is 78.4 Å². The van der Waals surface area contributed by atoms with Crippen LogP contribution in [0.25, 0.3) is 22.6 Å². The smallest absolute Gasteiger partial charge is 0.257 e. The minimum Gasteiger partial charge on any atom is -0.368 e. The van der Waals surface area contributed by atoms with Gasteiger partial charge >= 0.3 is 0 Å². The molecule has 28 heavy (non-hydrogen) atoms. The maximum Gasteiger partial charge on any atom is 0.257 e. The van der Waals surface area contributed by atoms with Gasteiger partial charge in [0.1, 0.15) is 0 Å². The first-order valence-electron chi connectivity index (χ1n) is 9.33. The number of nitrogens with two attached hydrogens (primary N) is 1. The van der Waals surface area contributed by atoms with Crippen LogP contribution in [-0.4, -0.2) is 20.1 Å². The SMILES string of the molecule is Nc1ncc(-c2ccc(C3(c4noc(-c5ccccc5)n4)CCC3)cc2)cn1. The number of hydrogen-bond donors (Lipinski definition) is 1. The minimum atomic E-state index is -0.174. The van der Waals surface area contributed by atoms with Gasteiger partial charge in [-0.15, -0.1) is 0 Å². The average molecular weight is 369 g/mol. The van der Waals surface area contributed by atoms with Crippen LogP contribution in [0.15, 0.2) is 71.5 Å². The molecule has 138 valence electrons. The molecule has 0 spiro atoms. The highest BCUT2D eigenvalue weighted by Crippen LogP contribution is 2.48. The number of hydrogen-bond acceptors (Lipinski definition) is 6. The molecule has 0 amide bonds. The molecule has 2 heterocycles. The molecule has 1 aliphatic carbocycles. The molecule has 0 radical (unpaired) electrons. The largest absolute Gasteiger partial charge is 0.368 e. The van der Waals surface area contributed by atoms with Crippen LogP contribution in [0.1, 0.15) is 30.7 Å². The van der Waals surface area contributed by atoms with E-state index in [9.17, 15) is 0 Å². The van der Waals surface area contributed by atoms with Gasteiger partial charge in [-0.3, -0.25) is 0 Å². The van der Waals surface area contributed by atoms with Crippen LogP contribution in [0.4, 0.5) is 5.95 Å². The Bertz CT molecular complexity index is 1080. The zero-order valence-electron chi connectivity index (χ0n) is 15.2. The summed E-state index contributed by atoms with van der Waals surface area (Å²) >= 11 is 0. The maximum atomic E-state index is 5.57. The van der Waals surface area contributed by atoms with Gasteiger partial charge in [0.05, 0.1) is 5.41 Å². The van der Waals surface area contributed by atoms with E-state index in [-0.39, 0.29) is 11.4 Å². The lowest BCUT2D eigenvalue weighted by Crippen LogP contribution is -2.36. The summed E-state index contributed by atoms with van der Waals surface area (Å²) in [5, 5.41) is 4.33. The van der Waals surface area contributed by atoms with Crippen LogP contribution in [0, 0.1) is 0 Å². The molecule has 5 rings (SSSR count). The molecule has 0 atom stereocenters. The highest BCUT2D eigenvalue weighted by Gasteiger charge is 2.44. The fourth-order valence-electron chi connectivity index (χ4n) is 3.76. The van der Waals surface area contributed by atoms with Gasteiger partial charge in [-0.25, -0.2) is 9.97 Å². The van der Waals surface area contributed by atoms with Crippen molar-refractivity contribution in [2.24, 2.45) is 0 Å². The molecule has 0 saturated heterocycles. The first-order valence-corrected chi connectivity index (χ1v) is 9.33. The van der Waals surface area contributed by atoms with Crippen LogP contribution in [0.2, 0.25) is 0 Å². The van der Waals surface area contributed by atoms with E-state index in [4.69, 9.17) is 15.2 Å². The Morgan fingerprint density at radius 1 is 0.821 bits per heavy atom. The number of nitrogen functional groups attached to an aromatic ring is 1. The molecule has 1 fully saturated rings. The number of nitrogens with zero attached hydrogens (tertiary/aromatic N) is 4. The van der Waals surface area contributed by atoms with Crippen molar-refractivity contribution in [2.45, 2.75) is 24.7 Å². The highest BCUT2D eigenvalue weighted by atomic mass is 16.5. The minimum absolute atomic E-state index is 0.174. The van der Waals surface area contributed by atoms with E-state index in [2.05, 4.69) is 39.4 Å². The fraction of sp³-hybridized carbons (Fsp3) is 0.182. The first kappa shape index (κ1) is 16.6. The molecule has 1 aliphatic rings. The quantitative estimate of drug-likeness (QED) is 0.578. The van der Waals surface area contributed by atoms with Crippen molar-refractivity contribution in [1.82, 2.24) is 20.1 Å². The second-order valence-corrected chi connectivity index (χ2v) is 7.13. The molecule has 2 aromatic carbocycles. The van der Waals surface area contributed by atoms with Gasteiger partial charge in [0, 0.05) is 23.5 Å². The second kappa shape index (κ2) is 6.56. The third-order valence-corrected chi connectivity index (χ3v) is 5.52. The molecule has 6 nitrogen and oxygen atoms in total. The molecule has 0 bridgehead atoms. The summed E-state index contributed by atoms with van der Waals surface area (Å²) < 4.78 is 5.57. The molecule has 0 aliphatic heterocycles. The Morgan fingerprint density at radius 3 is 2.18 bits per heavy atom. The second-order valence-electron chi connectivity index (χ2n) is 7.13. The molecule has 4 aromatic rings. The monoisotopic (exact) mass is 369 g/mol. The predicted octanol–water partition coefficient (Wildman–Crippen LogP) is 4.25. The molecular weight excluding hydrogens is 350 g/mol. The van der Waals surface area contributed by atoms with E-state index in [1.54, 1.807) is 12.4 Å². The highest BCUT2D eigenvalue weighted by molar-refractivity contribution is 5.63. The van der Waals surface area contributed by atoms with Crippen LogP contribution in [-0.2, 0) is 5.41 Å².